The third-order valence-corrected chi connectivity index (χ3v) is 4.83. The van der Waals surface area contributed by atoms with Gasteiger partial charge in [0, 0.05) is 25.2 Å². The molecule has 0 atom stereocenters. The van der Waals surface area contributed by atoms with Gasteiger partial charge in [-0.15, -0.1) is 0 Å². The molecule has 25 heavy (non-hydrogen) atoms. The van der Waals surface area contributed by atoms with Crippen molar-refractivity contribution in [2.24, 2.45) is 0 Å². The SMILES string of the molecule is Fc1cccc(C2(CNc3nc4c(F)cccc4o3)CCOCC2)c1. The van der Waals surface area contributed by atoms with Gasteiger partial charge in [0.25, 0.3) is 6.01 Å². The van der Waals surface area contributed by atoms with Crippen LogP contribution in [-0.2, 0) is 10.2 Å². The standard InChI is InChI=1S/C19H18F2N2O2/c20-14-4-1-3-13(11-14)19(7-9-24-10-8-19)12-22-18-23-17-15(21)5-2-6-16(17)25-18/h1-6,11H,7-10,12H2,(H,22,23). The number of halogens is 2. The maximum atomic E-state index is 13.8. The molecule has 1 aliphatic rings. The number of nitrogens with one attached hydrogen (secondary N) is 1. The van der Waals surface area contributed by atoms with Crippen LogP contribution in [-0.4, -0.2) is 24.7 Å². The van der Waals surface area contributed by atoms with Crippen molar-refractivity contribution in [3.8, 4) is 0 Å². The Morgan fingerprint density at radius 3 is 2.64 bits per heavy atom. The Balaban J connectivity index is 1.61. The fraction of sp³-hybridized carbons (Fsp3) is 0.316. The maximum absolute atomic E-state index is 13.8. The molecule has 0 radical (unpaired) electrons. The van der Waals surface area contributed by atoms with Gasteiger partial charge in [0.1, 0.15) is 11.3 Å². The van der Waals surface area contributed by atoms with Crippen LogP contribution in [0.2, 0.25) is 0 Å². The molecule has 1 aromatic heterocycles. The molecule has 4 nitrogen and oxygen atoms in total. The normalized spacial score (nSPS) is 16.9. The summed E-state index contributed by atoms with van der Waals surface area (Å²) in [5, 5.41) is 3.17. The van der Waals surface area contributed by atoms with E-state index in [1.54, 1.807) is 24.3 Å². The van der Waals surface area contributed by atoms with Gasteiger partial charge in [0.2, 0.25) is 0 Å². The number of para-hydroxylation sites is 1. The molecule has 0 bridgehead atoms. The van der Waals surface area contributed by atoms with Gasteiger partial charge < -0.3 is 14.5 Å². The van der Waals surface area contributed by atoms with Crippen LogP contribution in [0.4, 0.5) is 14.8 Å². The van der Waals surface area contributed by atoms with Crippen molar-refractivity contribution in [2.75, 3.05) is 25.1 Å². The van der Waals surface area contributed by atoms with Gasteiger partial charge in [-0.05, 0) is 42.7 Å². The van der Waals surface area contributed by atoms with E-state index in [1.807, 2.05) is 6.07 Å². The molecule has 2 aromatic carbocycles. The van der Waals surface area contributed by atoms with E-state index in [-0.39, 0.29) is 22.8 Å². The fourth-order valence-electron chi connectivity index (χ4n) is 3.38. The van der Waals surface area contributed by atoms with Gasteiger partial charge in [-0.2, -0.15) is 4.98 Å². The lowest BCUT2D eigenvalue weighted by atomic mass is 9.74. The van der Waals surface area contributed by atoms with Gasteiger partial charge in [-0.25, -0.2) is 8.78 Å². The van der Waals surface area contributed by atoms with E-state index in [0.717, 1.165) is 18.4 Å². The zero-order valence-electron chi connectivity index (χ0n) is 13.6. The predicted octanol–water partition coefficient (Wildman–Crippen LogP) is 4.27. The van der Waals surface area contributed by atoms with Crippen molar-refractivity contribution in [3.63, 3.8) is 0 Å². The number of fused-ring (bicyclic) bond motifs is 1. The number of benzene rings is 2. The molecular weight excluding hydrogens is 326 g/mol. The summed E-state index contributed by atoms with van der Waals surface area (Å²) in [6.45, 7) is 1.73. The summed E-state index contributed by atoms with van der Waals surface area (Å²) in [7, 11) is 0. The largest absolute Gasteiger partial charge is 0.423 e. The summed E-state index contributed by atoms with van der Waals surface area (Å²) in [6.07, 6.45) is 1.52. The molecule has 1 saturated heterocycles. The van der Waals surface area contributed by atoms with Crippen LogP contribution in [0.1, 0.15) is 18.4 Å². The quantitative estimate of drug-likeness (QED) is 0.768. The van der Waals surface area contributed by atoms with Crippen LogP contribution in [0.15, 0.2) is 46.9 Å². The molecule has 0 aliphatic carbocycles. The molecule has 0 unspecified atom stereocenters. The molecule has 4 rings (SSSR count). The van der Waals surface area contributed by atoms with Crippen LogP contribution in [0, 0.1) is 11.6 Å². The second-order valence-electron chi connectivity index (χ2n) is 6.36. The third kappa shape index (κ3) is 3.09. The molecule has 0 spiro atoms. The number of ether oxygens (including phenoxy) is 1. The molecule has 1 aliphatic heterocycles. The van der Waals surface area contributed by atoms with Crippen molar-refractivity contribution < 1.29 is 17.9 Å². The molecule has 130 valence electrons. The first-order chi connectivity index (χ1) is 12.2. The maximum Gasteiger partial charge on any atom is 0.295 e. The smallest absolute Gasteiger partial charge is 0.295 e. The van der Waals surface area contributed by atoms with Crippen molar-refractivity contribution in [1.29, 1.82) is 0 Å². The van der Waals surface area contributed by atoms with E-state index in [1.165, 1.54) is 12.1 Å². The Hall–Kier alpha value is -2.47. The molecular formula is C19H18F2N2O2. The van der Waals surface area contributed by atoms with Crippen molar-refractivity contribution in [1.82, 2.24) is 4.98 Å². The van der Waals surface area contributed by atoms with Crippen molar-refractivity contribution in [3.05, 3.63) is 59.7 Å². The van der Waals surface area contributed by atoms with Gasteiger partial charge in [-0.1, -0.05) is 18.2 Å². The van der Waals surface area contributed by atoms with Crippen LogP contribution in [0.3, 0.4) is 0 Å². The second kappa shape index (κ2) is 6.44. The Morgan fingerprint density at radius 1 is 1.08 bits per heavy atom. The molecule has 6 heteroatoms. The van der Waals surface area contributed by atoms with Crippen LogP contribution < -0.4 is 5.32 Å². The highest BCUT2D eigenvalue weighted by molar-refractivity contribution is 5.74. The first-order valence-electron chi connectivity index (χ1n) is 8.29. The lowest BCUT2D eigenvalue weighted by Gasteiger charge is -2.37. The second-order valence-corrected chi connectivity index (χ2v) is 6.36. The highest BCUT2D eigenvalue weighted by atomic mass is 19.1. The van der Waals surface area contributed by atoms with Crippen LogP contribution >= 0.6 is 0 Å². The van der Waals surface area contributed by atoms with E-state index in [2.05, 4.69) is 10.3 Å². The topological polar surface area (TPSA) is 47.3 Å². The van der Waals surface area contributed by atoms with Gasteiger partial charge in [0.15, 0.2) is 11.4 Å². The highest BCUT2D eigenvalue weighted by Crippen LogP contribution is 2.35. The molecule has 3 aromatic rings. The molecule has 0 saturated carbocycles. The van der Waals surface area contributed by atoms with E-state index in [0.29, 0.717) is 25.3 Å². The van der Waals surface area contributed by atoms with Crippen LogP contribution in [0.5, 0.6) is 0 Å². The number of aromatic nitrogens is 1. The number of oxazole rings is 1. The summed E-state index contributed by atoms with van der Waals surface area (Å²) < 4.78 is 38.5. The monoisotopic (exact) mass is 344 g/mol. The summed E-state index contributed by atoms with van der Waals surface area (Å²) >= 11 is 0. The number of hydrogen-bond acceptors (Lipinski definition) is 4. The highest BCUT2D eigenvalue weighted by Gasteiger charge is 2.35. The lowest BCUT2D eigenvalue weighted by molar-refractivity contribution is 0.0541. The number of hydrogen-bond donors (Lipinski definition) is 1. The Kier molecular flexibility index (Phi) is 4.13. The number of rotatable bonds is 4. The average molecular weight is 344 g/mol. The van der Waals surface area contributed by atoms with E-state index in [9.17, 15) is 8.78 Å². The summed E-state index contributed by atoms with van der Waals surface area (Å²) in [6, 6.07) is 11.5. The summed E-state index contributed by atoms with van der Waals surface area (Å²) in [5.74, 6) is -0.674. The number of anilines is 1. The lowest BCUT2D eigenvalue weighted by Crippen LogP contribution is -2.40. The Labute approximate surface area is 143 Å². The molecule has 1 fully saturated rings. The van der Waals surface area contributed by atoms with Gasteiger partial charge in [0.05, 0.1) is 0 Å². The zero-order chi connectivity index (χ0) is 17.3. The minimum Gasteiger partial charge on any atom is -0.423 e. The molecule has 2 heterocycles. The van der Waals surface area contributed by atoms with Crippen LogP contribution in [0.25, 0.3) is 11.1 Å². The molecule has 0 amide bonds. The Morgan fingerprint density at radius 2 is 1.88 bits per heavy atom. The van der Waals surface area contributed by atoms with E-state index < -0.39 is 5.82 Å². The van der Waals surface area contributed by atoms with Crippen molar-refractivity contribution >= 4 is 17.1 Å². The molecule has 1 N–H and O–H groups in total. The first kappa shape index (κ1) is 16.0. The summed E-state index contributed by atoms with van der Waals surface area (Å²) in [5.41, 5.74) is 1.25. The minimum atomic E-state index is -0.416. The Bertz CT molecular complexity index is 888. The van der Waals surface area contributed by atoms with E-state index >= 15 is 0 Å². The average Bonchev–Trinajstić information content (AvgIpc) is 3.06. The number of nitrogens with zero attached hydrogens (tertiary/aromatic N) is 1. The van der Waals surface area contributed by atoms with Gasteiger partial charge >= 0.3 is 0 Å². The first-order valence-corrected chi connectivity index (χ1v) is 8.29. The third-order valence-electron chi connectivity index (χ3n) is 4.83. The van der Waals surface area contributed by atoms with E-state index in [4.69, 9.17) is 9.15 Å². The van der Waals surface area contributed by atoms with Crippen molar-refractivity contribution in [2.45, 2.75) is 18.3 Å². The zero-order valence-corrected chi connectivity index (χ0v) is 13.6. The minimum absolute atomic E-state index is 0.205. The van der Waals surface area contributed by atoms with Gasteiger partial charge in [-0.3, -0.25) is 0 Å². The summed E-state index contributed by atoms with van der Waals surface area (Å²) in [4.78, 5) is 4.18. The fourth-order valence-corrected chi connectivity index (χ4v) is 3.38. The predicted molar refractivity (Wildman–Crippen MR) is 90.6 cm³/mol.